The van der Waals surface area contributed by atoms with Crippen molar-refractivity contribution in [2.45, 2.75) is 44.0 Å². The number of benzene rings is 2. The summed E-state index contributed by atoms with van der Waals surface area (Å²) in [6.45, 7) is 9.41. The maximum Gasteiger partial charge on any atom is 0.245 e. The minimum absolute atomic E-state index is 0.204. The molecule has 0 aliphatic carbocycles. The van der Waals surface area contributed by atoms with Crippen LogP contribution < -0.4 is 14.8 Å². The van der Waals surface area contributed by atoms with Crippen LogP contribution in [0.15, 0.2) is 71.8 Å². The van der Waals surface area contributed by atoms with Crippen LogP contribution in [0.1, 0.15) is 33.6 Å². The molecular weight excluding hydrogens is 500 g/mol. The van der Waals surface area contributed by atoms with Gasteiger partial charge < -0.3 is 10.1 Å². The van der Waals surface area contributed by atoms with Gasteiger partial charge in [0.05, 0.1) is 22.3 Å². The van der Waals surface area contributed by atoms with Crippen molar-refractivity contribution in [1.29, 1.82) is 0 Å². The summed E-state index contributed by atoms with van der Waals surface area (Å²) in [4.78, 5) is 7.07. The molecule has 2 aromatic heterocycles. The van der Waals surface area contributed by atoms with E-state index in [-0.39, 0.29) is 4.90 Å². The Balaban J connectivity index is 1.31. The fourth-order valence-electron chi connectivity index (χ4n) is 4.52. The fourth-order valence-corrected chi connectivity index (χ4v) is 5.99. The first-order valence-corrected chi connectivity index (χ1v) is 14.4. The summed E-state index contributed by atoms with van der Waals surface area (Å²) in [6, 6.07) is 18.4. The molecule has 38 heavy (non-hydrogen) atoms. The standard InChI is InChI=1S/C28H34N6O3S/c1-28(2,3)32-38(35,36)25-8-6-7-21(19-25)26-14-11-23-20-29-27(31-34(23)26)30-22-9-12-24(13-10-22)37-18-17-33-15-4-5-16-33/h6-14,19-20,32H,4-5,15-18H2,1-3H3,(H,30,31). The number of likely N-dealkylation sites (tertiary alicyclic amines) is 1. The molecule has 0 spiro atoms. The normalized spacial score (nSPS) is 14.7. The van der Waals surface area contributed by atoms with Crippen molar-refractivity contribution in [2.24, 2.45) is 0 Å². The Labute approximate surface area is 223 Å². The first kappa shape index (κ1) is 26.1. The van der Waals surface area contributed by atoms with Crippen molar-refractivity contribution in [1.82, 2.24) is 24.2 Å². The average molecular weight is 535 g/mol. The smallest absolute Gasteiger partial charge is 0.245 e. The lowest BCUT2D eigenvalue weighted by molar-refractivity contribution is 0.238. The van der Waals surface area contributed by atoms with Gasteiger partial charge in [-0.2, -0.15) is 0 Å². The van der Waals surface area contributed by atoms with Crippen molar-refractivity contribution in [3.63, 3.8) is 0 Å². The number of anilines is 2. The van der Waals surface area contributed by atoms with E-state index in [0.717, 1.165) is 34.8 Å². The van der Waals surface area contributed by atoms with E-state index in [4.69, 9.17) is 4.74 Å². The lowest BCUT2D eigenvalue weighted by atomic mass is 10.1. The Hall–Kier alpha value is -3.47. The zero-order valence-corrected chi connectivity index (χ0v) is 22.8. The zero-order valence-electron chi connectivity index (χ0n) is 22.0. The van der Waals surface area contributed by atoms with Crippen LogP contribution in [-0.2, 0) is 10.0 Å². The maximum absolute atomic E-state index is 12.9. The summed E-state index contributed by atoms with van der Waals surface area (Å²) in [7, 11) is -3.66. The highest BCUT2D eigenvalue weighted by atomic mass is 32.2. The van der Waals surface area contributed by atoms with E-state index >= 15 is 0 Å². The number of sulfonamides is 1. The fraction of sp³-hybridized carbons (Fsp3) is 0.357. The Morgan fingerprint density at radius 2 is 1.76 bits per heavy atom. The Morgan fingerprint density at radius 3 is 2.50 bits per heavy atom. The highest BCUT2D eigenvalue weighted by Gasteiger charge is 2.22. The van der Waals surface area contributed by atoms with Gasteiger partial charge in [0.2, 0.25) is 16.0 Å². The van der Waals surface area contributed by atoms with Crippen LogP contribution in [0.4, 0.5) is 11.6 Å². The average Bonchev–Trinajstić information content (AvgIpc) is 3.54. The van der Waals surface area contributed by atoms with E-state index in [1.165, 1.54) is 25.9 Å². The van der Waals surface area contributed by atoms with Gasteiger partial charge in [0.15, 0.2) is 0 Å². The molecule has 10 heteroatoms. The number of aromatic nitrogens is 3. The van der Waals surface area contributed by atoms with E-state index in [2.05, 4.69) is 25.0 Å². The van der Waals surface area contributed by atoms with Gasteiger partial charge in [-0.15, -0.1) is 5.10 Å². The number of nitrogens with one attached hydrogen (secondary N) is 2. The summed E-state index contributed by atoms with van der Waals surface area (Å²) in [5.41, 5.74) is 2.56. The summed E-state index contributed by atoms with van der Waals surface area (Å²) >= 11 is 0. The number of nitrogens with zero attached hydrogens (tertiary/aromatic N) is 4. The topological polar surface area (TPSA) is 101 Å². The molecule has 0 bridgehead atoms. The van der Waals surface area contributed by atoms with Crippen LogP contribution in [0.3, 0.4) is 0 Å². The number of hydrogen-bond acceptors (Lipinski definition) is 7. The molecule has 0 amide bonds. The molecule has 5 rings (SSSR count). The van der Waals surface area contributed by atoms with Crippen molar-refractivity contribution in [2.75, 3.05) is 31.6 Å². The summed E-state index contributed by atoms with van der Waals surface area (Å²) in [5.74, 6) is 1.26. The third-order valence-electron chi connectivity index (χ3n) is 6.26. The monoisotopic (exact) mass is 534 g/mol. The lowest BCUT2D eigenvalue weighted by Crippen LogP contribution is -2.40. The highest BCUT2D eigenvalue weighted by Crippen LogP contribution is 2.26. The summed E-state index contributed by atoms with van der Waals surface area (Å²) < 4.78 is 36.1. The number of hydrogen-bond donors (Lipinski definition) is 2. The quantitative estimate of drug-likeness (QED) is 0.321. The van der Waals surface area contributed by atoms with Crippen LogP contribution in [0.5, 0.6) is 5.75 Å². The second-order valence-electron chi connectivity index (χ2n) is 10.6. The van der Waals surface area contributed by atoms with E-state index in [9.17, 15) is 8.42 Å². The zero-order chi connectivity index (χ0) is 26.8. The number of ether oxygens (including phenoxy) is 1. The van der Waals surface area contributed by atoms with Gasteiger partial charge in [0, 0.05) is 23.3 Å². The van der Waals surface area contributed by atoms with Crippen LogP contribution >= 0.6 is 0 Å². The first-order valence-electron chi connectivity index (χ1n) is 12.9. The molecule has 2 aromatic carbocycles. The van der Waals surface area contributed by atoms with Gasteiger partial charge in [-0.1, -0.05) is 12.1 Å². The molecular formula is C28H34N6O3S. The molecule has 1 aliphatic heterocycles. The number of rotatable bonds is 9. The van der Waals surface area contributed by atoms with Crippen LogP contribution in [-0.4, -0.2) is 59.7 Å². The Kier molecular flexibility index (Phi) is 7.38. The predicted octanol–water partition coefficient (Wildman–Crippen LogP) is 4.69. The Morgan fingerprint density at radius 1 is 1.00 bits per heavy atom. The molecule has 200 valence electrons. The number of fused-ring (bicyclic) bond motifs is 1. The van der Waals surface area contributed by atoms with Gasteiger partial charge in [-0.05, 0) is 95.2 Å². The Bertz CT molecular complexity index is 1500. The molecule has 1 aliphatic rings. The van der Waals surface area contributed by atoms with Crippen molar-refractivity contribution in [3.05, 3.63) is 66.9 Å². The van der Waals surface area contributed by atoms with Gasteiger partial charge in [0.1, 0.15) is 12.4 Å². The van der Waals surface area contributed by atoms with Gasteiger partial charge in [-0.25, -0.2) is 22.6 Å². The minimum Gasteiger partial charge on any atom is -0.492 e. The second-order valence-corrected chi connectivity index (χ2v) is 12.2. The van der Waals surface area contributed by atoms with Crippen molar-refractivity contribution < 1.29 is 13.2 Å². The predicted molar refractivity (Wildman–Crippen MR) is 149 cm³/mol. The van der Waals surface area contributed by atoms with Gasteiger partial charge in [0.25, 0.3) is 0 Å². The van der Waals surface area contributed by atoms with E-state index in [1.54, 1.807) is 28.9 Å². The third-order valence-corrected chi connectivity index (χ3v) is 8.02. The first-order chi connectivity index (χ1) is 18.2. The molecule has 1 fully saturated rings. The molecule has 4 aromatic rings. The van der Waals surface area contributed by atoms with Crippen LogP contribution in [0.25, 0.3) is 16.8 Å². The highest BCUT2D eigenvalue weighted by molar-refractivity contribution is 7.89. The van der Waals surface area contributed by atoms with E-state index in [0.29, 0.717) is 12.6 Å². The second kappa shape index (κ2) is 10.7. The summed E-state index contributed by atoms with van der Waals surface area (Å²) in [6.07, 6.45) is 4.29. The van der Waals surface area contributed by atoms with Crippen LogP contribution in [0.2, 0.25) is 0 Å². The van der Waals surface area contributed by atoms with E-state index < -0.39 is 15.6 Å². The lowest BCUT2D eigenvalue weighted by Gasteiger charge is -2.20. The minimum atomic E-state index is -3.66. The molecule has 9 nitrogen and oxygen atoms in total. The van der Waals surface area contributed by atoms with Crippen molar-refractivity contribution >= 4 is 27.2 Å². The molecule has 0 unspecified atom stereocenters. The SMILES string of the molecule is CC(C)(C)NS(=O)(=O)c1cccc(-c2ccc3cnc(Nc4ccc(OCCN5CCCC5)cc4)nn23)c1. The van der Waals surface area contributed by atoms with Gasteiger partial charge in [-0.3, -0.25) is 4.90 Å². The molecule has 3 heterocycles. The molecule has 0 saturated carbocycles. The van der Waals surface area contributed by atoms with Crippen LogP contribution in [0, 0.1) is 0 Å². The molecule has 0 atom stereocenters. The van der Waals surface area contributed by atoms with Gasteiger partial charge >= 0.3 is 0 Å². The third kappa shape index (κ3) is 6.32. The molecule has 2 N–H and O–H groups in total. The maximum atomic E-state index is 12.9. The largest absolute Gasteiger partial charge is 0.492 e. The molecule has 1 saturated heterocycles. The molecule has 0 radical (unpaired) electrons. The van der Waals surface area contributed by atoms with Crippen molar-refractivity contribution in [3.8, 4) is 17.0 Å². The van der Waals surface area contributed by atoms with E-state index in [1.807, 2.05) is 63.2 Å². The summed E-state index contributed by atoms with van der Waals surface area (Å²) in [5, 5.41) is 7.91.